The number of carbonyl (C=O) groups excluding carboxylic acids is 1. The molecule has 4 heteroatoms. The third-order valence-electron chi connectivity index (χ3n) is 2.15. The van der Waals surface area contributed by atoms with Crippen molar-refractivity contribution in [2.45, 2.75) is 19.4 Å². The molecule has 0 aliphatic rings. The summed E-state index contributed by atoms with van der Waals surface area (Å²) >= 11 is 0. The van der Waals surface area contributed by atoms with Crippen molar-refractivity contribution in [1.29, 1.82) is 0 Å². The summed E-state index contributed by atoms with van der Waals surface area (Å²) in [4.78, 5) is 11.0. The molecule has 0 fully saturated rings. The van der Waals surface area contributed by atoms with Crippen molar-refractivity contribution in [2.75, 3.05) is 13.7 Å². The average Bonchev–Trinajstić information content (AvgIpc) is 2.29. The highest BCUT2D eigenvalue weighted by molar-refractivity contribution is 5.73. The summed E-state index contributed by atoms with van der Waals surface area (Å²) in [6, 6.07) is 7.54. The van der Waals surface area contributed by atoms with Crippen LogP contribution >= 0.6 is 0 Å². The number of ether oxygens (including phenoxy) is 2. The van der Waals surface area contributed by atoms with Crippen LogP contribution in [0.2, 0.25) is 0 Å². The van der Waals surface area contributed by atoms with Gasteiger partial charge in [0.15, 0.2) is 0 Å². The zero-order valence-corrected chi connectivity index (χ0v) is 9.47. The fourth-order valence-electron chi connectivity index (χ4n) is 1.29. The molecule has 1 rings (SSSR count). The van der Waals surface area contributed by atoms with Gasteiger partial charge >= 0.3 is 5.97 Å². The molecule has 1 unspecified atom stereocenters. The minimum atomic E-state index is -1.07. The fraction of sp³-hybridized carbons (Fsp3) is 0.417. The van der Waals surface area contributed by atoms with Crippen LogP contribution in [0.1, 0.15) is 12.5 Å². The van der Waals surface area contributed by atoms with Crippen LogP contribution in [-0.2, 0) is 16.0 Å². The Labute approximate surface area is 94.8 Å². The Morgan fingerprint density at radius 1 is 1.44 bits per heavy atom. The number of hydrogen-bond acceptors (Lipinski definition) is 4. The second kappa shape index (κ2) is 6.12. The van der Waals surface area contributed by atoms with Crippen LogP contribution in [0.4, 0.5) is 0 Å². The second-order valence-corrected chi connectivity index (χ2v) is 3.41. The number of benzene rings is 1. The smallest absolute Gasteiger partial charge is 0.334 e. The third kappa shape index (κ3) is 3.55. The summed E-state index contributed by atoms with van der Waals surface area (Å²) in [5.74, 6) is 0.172. The SMILES string of the molecule is COc1ccccc1CCOC(=O)C(C)O. The highest BCUT2D eigenvalue weighted by Gasteiger charge is 2.10. The molecule has 88 valence electrons. The standard InChI is InChI=1S/C12H16O4/c1-9(13)12(14)16-8-7-10-5-3-4-6-11(10)15-2/h3-6,9,13H,7-8H2,1-2H3. The van der Waals surface area contributed by atoms with E-state index in [-0.39, 0.29) is 6.61 Å². The molecule has 0 saturated carbocycles. The largest absolute Gasteiger partial charge is 0.496 e. The van der Waals surface area contributed by atoms with Gasteiger partial charge in [0.25, 0.3) is 0 Å². The molecule has 1 N–H and O–H groups in total. The molecule has 0 amide bonds. The van der Waals surface area contributed by atoms with Crippen LogP contribution in [0.3, 0.4) is 0 Å². The van der Waals surface area contributed by atoms with Gasteiger partial charge in [-0.3, -0.25) is 0 Å². The van der Waals surface area contributed by atoms with Crippen LogP contribution in [-0.4, -0.2) is 30.9 Å². The predicted octanol–water partition coefficient (Wildman–Crippen LogP) is 1.16. The van der Waals surface area contributed by atoms with E-state index in [4.69, 9.17) is 14.6 Å². The lowest BCUT2D eigenvalue weighted by atomic mass is 10.1. The number of aliphatic hydroxyl groups is 1. The number of esters is 1. The number of methoxy groups -OCH3 is 1. The Bertz CT molecular complexity index is 347. The van der Waals surface area contributed by atoms with Gasteiger partial charge in [-0.05, 0) is 18.6 Å². The molecule has 4 nitrogen and oxygen atoms in total. The zero-order valence-electron chi connectivity index (χ0n) is 9.47. The van der Waals surface area contributed by atoms with Crippen molar-refractivity contribution < 1.29 is 19.4 Å². The molecular weight excluding hydrogens is 208 g/mol. The summed E-state index contributed by atoms with van der Waals surface area (Å²) in [5.41, 5.74) is 0.975. The van der Waals surface area contributed by atoms with E-state index >= 15 is 0 Å². The first kappa shape index (κ1) is 12.5. The lowest BCUT2D eigenvalue weighted by molar-refractivity contribution is -0.152. The number of rotatable bonds is 5. The maximum Gasteiger partial charge on any atom is 0.334 e. The first-order valence-electron chi connectivity index (χ1n) is 5.11. The molecule has 0 spiro atoms. The summed E-state index contributed by atoms with van der Waals surface area (Å²) in [6.07, 6.45) is -0.500. The maximum atomic E-state index is 11.0. The monoisotopic (exact) mass is 224 g/mol. The predicted molar refractivity (Wildman–Crippen MR) is 59.3 cm³/mol. The highest BCUT2D eigenvalue weighted by Crippen LogP contribution is 2.17. The van der Waals surface area contributed by atoms with Crippen molar-refractivity contribution in [3.05, 3.63) is 29.8 Å². The Balaban J connectivity index is 2.45. The molecule has 0 radical (unpaired) electrons. The van der Waals surface area contributed by atoms with Crippen LogP contribution in [0.15, 0.2) is 24.3 Å². The molecule has 16 heavy (non-hydrogen) atoms. The van der Waals surface area contributed by atoms with E-state index in [1.165, 1.54) is 6.92 Å². The summed E-state index contributed by atoms with van der Waals surface area (Å²) in [5, 5.41) is 8.92. The van der Waals surface area contributed by atoms with Crippen molar-refractivity contribution in [3.8, 4) is 5.75 Å². The molecule has 1 atom stereocenters. The number of aliphatic hydroxyl groups excluding tert-OH is 1. The van der Waals surface area contributed by atoms with Crippen LogP contribution in [0, 0.1) is 0 Å². The van der Waals surface area contributed by atoms with Crippen LogP contribution < -0.4 is 4.74 Å². The third-order valence-corrected chi connectivity index (χ3v) is 2.15. The van der Waals surface area contributed by atoms with Gasteiger partial charge in [-0.2, -0.15) is 0 Å². The van der Waals surface area contributed by atoms with Gasteiger partial charge in [-0.25, -0.2) is 4.79 Å². The van der Waals surface area contributed by atoms with Gasteiger partial charge in [-0.1, -0.05) is 18.2 Å². The lowest BCUT2D eigenvalue weighted by Gasteiger charge is -2.09. The molecule has 0 aliphatic carbocycles. The Morgan fingerprint density at radius 3 is 2.75 bits per heavy atom. The van der Waals surface area contributed by atoms with Crippen molar-refractivity contribution in [3.63, 3.8) is 0 Å². The van der Waals surface area contributed by atoms with E-state index in [9.17, 15) is 4.79 Å². The molecule has 0 aromatic heterocycles. The topological polar surface area (TPSA) is 55.8 Å². The first-order valence-corrected chi connectivity index (χ1v) is 5.11. The lowest BCUT2D eigenvalue weighted by Crippen LogP contribution is -2.20. The van der Waals surface area contributed by atoms with Gasteiger partial charge < -0.3 is 14.6 Å². The average molecular weight is 224 g/mol. The van der Waals surface area contributed by atoms with E-state index < -0.39 is 12.1 Å². The summed E-state index contributed by atoms with van der Waals surface area (Å²) in [7, 11) is 1.60. The Hall–Kier alpha value is -1.55. The summed E-state index contributed by atoms with van der Waals surface area (Å²) < 4.78 is 10.0. The number of carbonyl (C=O) groups is 1. The molecule has 1 aromatic rings. The zero-order chi connectivity index (χ0) is 12.0. The molecule has 0 aliphatic heterocycles. The van der Waals surface area contributed by atoms with E-state index in [0.717, 1.165) is 11.3 Å². The molecule has 0 heterocycles. The molecular formula is C12H16O4. The van der Waals surface area contributed by atoms with Crippen molar-refractivity contribution in [2.24, 2.45) is 0 Å². The molecule has 0 bridgehead atoms. The van der Waals surface area contributed by atoms with Crippen molar-refractivity contribution in [1.82, 2.24) is 0 Å². The number of hydrogen-bond donors (Lipinski definition) is 1. The Morgan fingerprint density at radius 2 is 2.12 bits per heavy atom. The van der Waals surface area contributed by atoms with E-state index in [1.54, 1.807) is 7.11 Å². The van der Waals surface area contributed by atoms with Gasteiger partial charge in [0.2, 0.25) is 0 Å². The minimum absolute atomic E-state index is 0.240. The Kier molecular flexibility index (Phi) is 4.79. The quantitative estimate of drug-likeness (QED) is 0.762. The second-order valence-electron chi connectivity index (χ2n) is 3.41. The van der Waals surface area contributed by atoms with Gasteiger partial charge in [-0.15, -0.1) is 0 Å². The first-order chi connectivity index (χ1) is 7.65. The fourth-order valence-corrected chi connectivity index (χ4v) is 1.29. The van der Waals surface area contributed by atoms with Gasteiger partial charge in [0.1, 0.15) is 11.9 Å². The van der Waals surface area contributed by atoms with Crippen LogP contribution in [0.25, 0.3) is 0 Å². The minimum Gasteiger partial charge on any atom is -0.496 e. The van der Waals surface area contributed by atoms with Crippen LogP contribution in [0.5, 0.6) is 5.75 Å². The normalized spacial score (nSPS) is 11.9. The van der Waals surface area contributed by atoms with Crippen molar-refractivity contribution >= 4 is 5.97 Å². The van der Waals surface area contributed by atoms with E-state index in [2.05, 4.69) is 0 Å². The number of para-hydroxylation sites is 1. The maximum absolute atomic E-state index is 11.0. The van der Waals surface area contributed by atoms with E-state index in [1.807, 2.05) is 24.3 Å². The molecule has 0 saturated heterocycles. The molecule has 1 aromatic carbocycles. The van der Waals surface area contributed by atoms with Gasteiger partial charge in [0.05, 0.1) is 13.7 Å². The van der Waals surface area contributed by atoms with E-state index in [0.29, 0.717) is 6.42 Å². The van der Waals surface area contributed by atoms with Gasteiger partial charge in [0, 0.05) is 6.42 Å². The summed E-state index contributed by atoms with van der Waals surface area (Å²) in [6.45, 7) is 1.62. The highest BCUT2D eigenvalue weighted by atomic mass is 16.5.